The Hall–Kier alpha value is -4.96. The molecule has 0 bridgehead atoms. The van der Waals surface area contributed by atoms with Gasteiger partial charge in [0.15, 0.2) is 0 Å². The van der Waals surface area contributed by atoms with Gasteiger partial charge in [-0.1, -0.05) is 86.6 Å². The van der Waals surface area contributed by atoms with Crippen LogP contribution in [0.2, 0.25) is 0 Å². The largest absolute Gasteiger partial charge is 0.507 e. The van der Waals surface area contributed by atoms with Gasteiger partial charge in [0.1, 0.15) is 11.5 Å². The number of fused-ring (bicyclic) bond motifs is 5. The highest BCUT2D eigenvalue weighted by Crippen LogP contribution is 2.51. The van der Waals surface area contributed by atoms with Crippen LogP contribution in [0.4, 0.5) is 5.69 Å². The van der Waals surface area contributed by atoms with Crippen molar-refractivity contribution < 1.29 is 10.2 Å². The first-order chi connectivity index (χ1) is 18.9. The predicted octanol–water partition coefficient (Wildman–Crippen LogP) is 8.52. The van der Waals surface area contributed by atoms with Gasteiger partial charge in [-0.05, 0) is 63.4 Å². The van der Waals surface area contributed by atoms with Crippen LogP contribution in [0, 0.1) is 0 Å². The molecular formula is C35H26N2O2. The van der Waals surface area contributed by atoms with E-state index in [1.165, 1.54) is 11.1 Å². The number of aromatic hydroxyl groups is 2. The Balaban J connectivity index is 1.40. The average molecular weight is 507 g/mol. The number of pyridine rings is 1. The van der Waals surface area contributed by atoms with E-state index in [4.69, 9.17) is 9.98 Å². The van der Waals surface area contributed by atoms with E-state index < -0.39 is 0 Å². The van der Waals surface area contributed by atoms with Gasteiger partial charge in [-0.25, -0.2) is 4.98 Å². The van der Waals surface area contributed by atoms with Gasteiger partial charge in [0.2, 0.25) is 0 Å². The molecule has 0 aliphatic heterocycles. The zero-order valence-corrected chi connectivity index (χ0v) is 21.7. The maximum Gasteiger partial charge on any atom is 0.125 e. The molecule has 188 valence electrons. The van der Waals surface area contributed by atoms with Crippen LogP contribution in [-0.2, 0) is 5.41 Å². The summed E-state index contributed by atoms with van der Waals surface area (Å²) < 4.78 is 0. The molecule has 4 nitrogen and oxygen atoms in total. The molecule has 4 heteroatoms. The molecule has 1 heterocycles. The van der Waals surface area contributed by atoms with Crippen molar-refractivity contribution in [3.8, 4) is 33.9 Å². The van der Waals surface area contributed by atoms with E-state index in [1.807, 2.05) is 72.8 Å². The molecule has 1 aliphatic carbocycles. The van der Waals surface area contributed by atoms with Crippen LogP contribution >= 0.6 is 0 Å². The molecule has 0 radical (unpaired) electrons. The zero-order chi connectivity index (χ0) is 26.7. The van der Waals surface area contributed by atoms with Crippen LogP contribution in [0.25, 0.3) is 43.9 Å². The highest BCUT2D eigenvalue weighted by molar-refractivity contribution is 6.02. The van der Waals surface area contributed by atoms with E-state index in [-0.39, 0.29) is 16.9 Å². The molecule has 6 aromatic rings. The van der Waals surface area contributed by atoms with Crippen molar-refractivity contribution in [1.82, 2.24) is 4.98 Å². The van der Waals surface area contributed by atoms with Gasteiger partial charge in [0.25, 0.3) is 0 Å². The minimum Gasteiger partial charge on any atom is -0.507 e. The Labute approximate surface area is 226 Å². The summed E-state index contributed by atoms with van der Waals surface area (Å²) in [7, 11) is 0. The Morgan fingerprint density at radius 2 is 1.41 bits per heavy atom. The molecule has 0 fully saturated rings. The number of aromatic nitrogens is 1. The molecule has 2 N–H and O–H groups in total. The van der Waals surface area contributed by atoms with Crippen molar-refractivity contribution in [2.24, 2.45) is 4.99 Å². The zero-order valence-electron chi connectivity index (χ0n) is 21.7. The molecule has 7 rings (SSSR count). The molecule has 0 atom stereocenters. The van der Waals surface area contributed by atoms with Crippen molar-refractivity contribution >= 4 is 33.4 Å². The van der Waals surface area contributed by atoms with E-state index in [2.05, 4.69) is 38.1 Å². The van der Waals surface area contributed by atoms with Crippen molar-refractivity contribution in [2.45, 2.75) is 19.3 Å². The summed E-state index contributed by atoms with van der Waals surface area (Å²) in [4.78, 5) is 9.73. The van der Waals surface area contributed by atoms with Crippen LogP contribution in [-0.4, -0.2) is 21.4 Å². The monoisotopic (exact) mass is 506 g/mol. The van der Waals surface area contributed by atoms with Crippen molar-refractivity contribution in [3.05, 3.63) is 120 Å². The number of aliphatic imine (C=N–C) groups is 1. The Morgan fingerprint density at radius 1 is 0.667 bits per heavy atom. The second kappa shape index (κ2) is 8.53. The molecule has 0 amide bonds. The van der Waals surface area contributed by atoms with E-state index in [0.717, 1.165) is 27.3 Å². The van der Waals surface area contributed by atoms with Crippen LogP contribution in [0.3, 0.4) is 0 Å². The number of phenolic OH excluding ortho intramolecular Hbond substituents is 2. The summed E-state index contributed by atoms with van der Waals surface area (Å²) in [5.41, 5.74) is 7.21. The lowest BCUT2D eigenvalue weighted by atomic mass is 9.81. The summed E-state index contributed by atoms with van der Waals surface area (Å²) in [6.45, 7) is 4.46. The molecule has 1 aliphatic rings. The van der Waals surface area contributed by atoms with Crippen molar-refractivity contribution in [1.29, 1.82) is 0 Å². The topological polar surface area (TPSA) is 65.7 Å². The second-order valence-corrected chi connectivity index (χ2v) is 10.6. The lowest BCUT2D eigenvalue weighted by Crippen LogP contribution is -2.15. The van der Waals surface area contributed by atoms with Crippen LogP contribution in [0.1, 0.15) is 30.7 Å². The quantitative estimate of drug-likeness (QED) is 0.236. The Kier molecular flexibility index (Phi) is 5.07. The SMILES string of the molecule is CC1(C)c2ccccc2-c2cc(O)c(-c3nc(C=Nc4cccc5cccc(O)c45)cc4ccccc34)cc21. The number of nitrogens with zero attached hydrogens (tertiary/aromatic N) is 2. The second-order valence-electron chi connectivity index (χ2n) is 10.6. The Bertz CT molecular complexity index is 1970. The normalized spacial score (nSPS) is 13.7. The summed E-state index contributed by atoms with van der Waals surface area (Å²) in [5.74, 6) is 0.394. The molecule has 0 saturated carbocycles. The first-order valence-electron chi connectivity index (χ1n) is 13.0. The molecule has 1 aromatic heterocycles. The molecular weight excluding hydrogens is 480 g/mol. The van der Waals surface area contributed by atoms with Crippen molar-refractivity contribution in [2.75, 3.05) is 0 Å². The van der Waals surface area contributed by atoms with Crippen LogP contribution in [0.5, 0.6) is 11.5 Å². The number of hydrogen-bond donors (Lipinski definition) is 2. The third-order valence-corrected chi connectivity index (χ3v) is 7.91. The molecule has 39 heavy (non-hydrogen) atoms. The molecule has 0 spiro atoms. The summed E-state index contributed by atoms with van der Waals surface area (Å²) in [5, 5.41) is 25.4. The van der Waals surface area contributed by atoms with Gasteiger partial charge in [0.05, 0.1) is 23.3 Å². The standard InChI is InChI=1S/C35H26N2O2/c1-35(2)28-14-6-5-13-25(28)26-19-32(39)27(18-29(26)35)34-24-12-4-3-9-22(24)17-23(37-34)20-36-30-15-7-10-21-11-8-16-31(38)33(21)30/h3-20,38-39H,1-2H3. The predicted molar refractivity (Wildman–Crippen MR) is 159 cm³/mol. The van der Waals surface area contributed by atoms with E-state index in [1.54, 1.807) is 12.3 Å². The fraction of sp³-hybridized carbons (Fsp3) is 0.0857. The number of rotatable bonds is 3. The van der Waals surface area contributed by atoms with Gasteiger partial charge in [-0.2, -0.15) is 0 Å². The minimum atomic E-state index is -0.195. The fourth-order valence-corrected chi connectivity index (χ4v) is 5.96. The number of hydrogen-bond acceptors (Lipinski definition) is 4. The van der Waals surface area contributed by atoms with Gasteiger partial charge in [-0.15, -0.1) is 0 Å². The van der Waals surface area contributed by atoms with Gasteiger partial charge in [-0.3, -0.25) is 4.99 Å². The summed E-state index contributed by atoms with van der Waals surface area (Å²) >= 11 is 0. The van der Waals surface area contributed by atoms with Crippen molar-refractivity contribution in [3.63, 3.8) is 0 Å². The maximum absolute atomic E-state index is 11.3. The summed E-state index contributed by atoms with van der Waals surface area (Å²) in [6, 6.07) is 33.7. The first kappa shape index (κ1) is 23.2. The Morgan fingerprint density at radius 3 is 2.28 bits per heavy atom. The highest BCUT2D eigenvalue weighted by Gasteiger charge is 2.36. The minimum absolute atomic E-state index is 0.194. The highest BCUT2D eigenvalue weighted by atomic mass is 16.3. The maximum atomic E-state index is 11.3. The van der Waals surface area contributed by atoms with E-state index in [0.29, 0.717) is 28.0 Å². The molecule has 5 aromatic carbocycles. The fourth-order valence-electron chi connectivity index (χ4n) is 5.96. The van der Waals surface area contributed by atoms with E-state index in [9.17, 15) is 10.2 Å². The number of phenols is 2. The first-order valence-corrected chi connectivity index (χ1v) is 13.0. The number of benzene rings is 5. The van der Waals surface area contributed by atoms with Gasteiger partial charge >= 0.3 is 0 Å². The summed E-state index contributed by atoms with van der Waals surface area (Å²) in [6.07, 6.45) is 1.72. The van der Waals surface area contributed by atoms with Gasteiger partial charge < -0.3 is 10.2 Å². The van der Waals surface area contributed by atoms with Gasteiger partial charge in [0, 0.05) is 21.8 Å². The molecule has 0 saturated heterocycles. The third-order valence-electron chi connectivity index (χ3n) is 7.91. The lowest BCUT2D eigenvalue weighted by Gasteiger charge is -2.22. The third kappa shape index (κ3) is 3.60. The average Bonchev–Trinajstić information content (AvgIpc) is 3.17. The lowest BCUT2D eigenvalue weighted by molar-refractivity contribution is 0.477. The smallest absolute Gasteiger partial charge is 0.125 e. The molecule has 0 unspecified atom stereocenters. The van der Waals surface area contributed by atoms with E-state index >= 15 is 0 Å². The van der Waals surface area contributed by atoms with Crippen LogP contribution in [0.15, 0.2) is 108 Å². The van der Waals surface area contributed by atoms with Crippen LogP contribution < -0.4 is 0 Å².